The van der Waals surface area contributed by atoms with Crippen LogP contribution in [0.3, 0.4) is 0 Å². The maximum absolute atomic E-state index is 13.4. The fraction of sp³-hybridized carbons (Fsp3) is 0.391. The minimum absolute atomic E-state index is 0.0631. The molecule has 0 aliphatic heterocycles. The van der Waals surface area contributed by atoms with Gasteiger partial charge in [0.25, 0.3) is 5.92 Å². The molecule has 0 saturated heterocycles. The predicted molar refractivity (Wildman–Crippen MR) is 120 cm³/mol. The van der Waals surface area contributed by atoms with Gasteiger partial charge in [0, 0.05) is 25.0 Å². The number of carbonyl (C=O) groups is 1. The van der Waals surface area contributed by atoms with Gasteiger partial charge in [0.05, 0.1) is 25.6 Å². The first-order valence-electron chi connectivity index (χ1n) is 9.52. The topological polar surface area (TPSA) is 80.6 Å². The summed E-state index contributed by atoms with van der Waals surface area (Å²) in [6.07, 6.45) is 8.23. The summed E-state index contributed by atoms with van der Waals surface area (Å²) in [6.45, 7) is 14.1. The fourth-order valence-corrected chi connectivity index (χ4v) is 2.13. The molecule has 1 heterocycles. The monoisotopic (exact) mass is 421 g/mol. The molecule has 1 rings (SSSR count). The molecular weight excluding hydrogens is 388 g/mol. The lowest BCUT2D eigenvalue weighted by atomic mass is 9.98. The molecule has 5 nitrogen and oxygen atoms in total. The number of furan rings is 1. The first kappa shape index (κ1) is 27.0. The summed E-state index contributed by atoms with van der Waals surface area (Å²) in [5.41, 5.74) is 8.46. The average Bonchev–Trinajstić information content (AvgIpc) is 3.18. The summed E-state index contributed by atoms with van der Waals surface area (Å²) in [7, 11) is 0. The quantitative estimate of drug-likeness (QED) is 0.259. The zero-order chi connectivity index (χ0) is 23.3. The van der Waals surface area contributed by atoms with E-state index >= 15 is 0 Å². The maximum Gasteiger partial charge on any atom is 0.270 e. The molecule has 1 amide bonds. The number of nitrogens with two attached hydrogens (primary N) is 1. The van der Waals surface area contributed by atoms with Crippen molar-refractivity contribution >= 4 is 17.3 Å². The molecule has 0 fully saturated rings. The molecule has 30 heavy (non-hydrogen) atoms. The zero-order valence-electron chi connectivity index (χ0n) is 18.7. The van der Waals surface area contributed by atoms with Crippen molar-refractivity contribution in [3.05, 3.63) is 65.7 Å². The summed E-state index contributed by atoms with van der Waals surface area (Å²) < 4.78 is 31.7. The number of nitrogens with one attached hydrogen (secondary N) is 1. The highest BCUT2D eigenvalue weighted by molar-refractivity contribution is 5.86. The van der Waals surface area contributed by atoms with E-state index in [1.54, 1.807) is 26.0 Å². The number of halogens is 2. The first-order chi connectivity index (χ1) is 13.9. The lowest BCUT2D eigenvalue weighted by Crippen LogP contribution is -2.32. The Balaban J connectivity index is 0.000000584. The first-order valence-corrected chi connectivity index (χ1v) is 9.52. The van der Waals surface area contributed by atoms with Gasteiger partial charge in [-0.25, -0.2) is 8.78 Å². The van der Waals surface area contributed by atoms with Crippen LogP contribution in [0, 0.1) is 0 Å². The Hall–Kier alpha value is -2.96. The molecule has 0 saturated carbocycles. The highest BCUT2D eigenvalue weighted by Gasteiger charge is 2.28. The molecule has 7 heteroatoms. The summed E-state index contributed by atoms with van der Waals surface area (Å²) >= 11 is 0. The average molecular weight is 422 g/mol. The van der Waals surface area contributed by atoms with Gasteiger partial charge in [-0.3, -0.25) is 9.79 Å². The van der Waals surface area contributed by atoms with Gasteiger partial charge in [-0.2, -0.15) is 0 Å². The van der Waals surface area contributed by atoms with Gasteiger partial charge in [-0.1, -0.05) is 24.3 Å². The summed E-state index contributed by atoms with van der Waals surface area (Å²) in [6, 6.07) is 1.73. The number of hydrogen-bond acceptors (Lipinski definition) is 3. The second-order valence-corrected chi connectivity index (χ2v) is 6.84. The van der Waals surface area contributed by atoms with Crippen molar-refractivity contribution in [2.75, 3.05) is 13.1 Å². The Morgan fingerprint density at radius 3 is 2.33 bits per heavy atom. The largest absolute Gasteiger partial charge is 0.472 e. The molecule has 0 bridgehead atoms. The molecule has 1 aromatic heterocycles. The number of alkyl halides is 2. The third-order valence-electron chi connectivity index (χ3n) is 3.94. The summed E-state index contributed by atoms with van der Waals surface area (Å²) in [5, 5.41) is 2.57. The third kappa shape index (κ3) is 11.1. The highest BCUT2D eigenvalue weighted by atomic mass is 19.3. The van der Waals surface area contributed by atoms with E-state index in [0.717, 1.165) is 18.1 Å². The molecule has 0 spiro atoms. The number of carbonyl (C=O) groups excluding carboxylic acids is 1. The van der Waals surface area contributed by atoms with Gasteiger partial charge in [-0.15, -0.1) is 0 Å². The van der Waals surface area contributed by atoms with E-state index in [9.17, 15) is 13.6 Å². The number of nitrogens with zero attached hydrogens (tertiary/aromatic N) is 1. The number of hydrogen-bond donors (Lipinski definition) is 2. The van der Waals surface area contributed by atoms with E-state index in [0.29, 0.717) is 30.1 Å². The van der Waals surface area contributed by atoms with Crippen LogP contribution in [0.4, 0.5) is 8.78 Å². The number of amides is 1. The Kier molecular flexibility index (Phi) is 12.0. The smallest absolute Gasteiger partial charge is 0.270 e. The van der Waals surface area contributed by atoms with Gasteiger partial charge in [0.2, 0.25) is 5.91 Å². The van der Waals surface area contributed by atoms with Crippen molar-refractivity contribution in [1.82, 2.24) is 5.32 Å². The van der Waals surface area contributed by atoms with Crippen LogP contribution in [0.5, 0.6) is 0 Å². The molecular formula is C23H33F2N3O2. The van der Waals surface area contributed by atoms with E-state index < -0.39 is 5.92 Å². The molecule has 0 radical (unpaired) electrons. The van der Waals surface area contributed by atoms with Crippen LogP contribution in [-0.4, -0.2) is 30.8 Å². The lowest BCUT2D eigenvalue weighted by molar-refractivity contribution is -0.118. The predicted octanol–water partition coefficient (Wildman–Crippen LogP) is 5.29. The SMILES string of the molecule is C/C=C(\C)CN=C(N)CNC(C)=O.C=C(C)/C(=C\C(=C/C)c1ccoc1)C(C)(F)F. The molecule has 0 aliphatic rings. The van der Waals surface area contributed by atoms with Crippen molar-refractivity contribution in [2.45, 2.75) is 47.5 Å². The second-order valence-electron chi connectivity index (χ2n) is 6.84. The van der Waals surface area contributed by atoms with Crippen LogP contribution in [0.25, 0.3) is 5.57 Å². The Morgan fingerprint density at radius 2 is 1.93 bits per heavy atom. The van der Waals surface area contributed by atoms with Gasteiger partial charge in [0.1, 0.15) is 5.84 Å². The van der Waals surface area contributed by atoms with E-state index in [-0.39, 0.29) is 11.5 Å². The minimum Gasteiger partial charge on any atom is -0.472 e. The van der Waals surface area contributed by atoms with Crippen molar-refractivity contribution < 1.29 is 18.0 Å². The van der Waals surface area contributed by atoms with Gasteiger partial charge in [0.15, 0.2) is 0 Å². The summed E-state index contributed by atoms with van der Waals surface area (Å²) in [5.74, 6) is -2.54. The molecule has 1 aromatic rings. The van der Waals surface area contributed by atoms with Gasteiger partial charge < -0.3 is 15.5 Å². The van der Waals surface area contributed by atoms with Crippen LogP contribution in [0.2, 0.25) is 0 Å². The molecule has 0 unspecified atom stereocenters. The number of rotatable bonds is 8. The van der Waals surface area contributed by atoms with E-state index in [4.69, 9.17) is 10.2 Å². The molecule has 0 aliphatic carbocycles. The Bertz CT molecular complexity index is 812. The van der Waals surface area contributed by atoms with E-state index in [1.807, 2.05) is 19.9 Å². The molecule has 3 N–H and O–H groups in total. The van der Waals surface area contributed by atoms with Gasteiger partial charge >= 0.3 is 0 Å². The highest BCUT2D eigenvalue weighted by Crippen LogP contribution is 2.31. The minimum atomic E-state index is -2.90. The number of amidine groups is 1. The molecule has 0 atom stereocenters. The van der Waals surface area contributed by atoms with Gasteiger partial charge in [-0.05, 0) is 51.0 Å². The summed E-state index contributed by atoms with van der Waals surface area (Å²) in [4.78, 5) is 14.6. The normalized spacial score (nSPS) is 13.5. The molecule has 166 valence electrons. The lowest BCUT2D eigenvalue weighted by Gasteiger charge is -2.16. The van der Waals surface area contributed by atoms with Crippen molar-refractivity contribution in [2.24, 2.45) is 10.7 Å². The van der Waals surface area contributed by atoms with Crippen LogP contribution < -0.4 is 11.1 Å². The van der Waals surface area contributed by atoms with Crippen molar-refractivity contribution in [3.63, 3.8) is 0 Å². The van der Waals surface area contributed by atoms with Crippen molar-refractivity contribution in [3.8, 4) is 0 Å². The molecule has 0 aromatic carbocycles. The maximum atomic E-state index is 13.4. The number of allylic oxidation sites excluding steroid dienone is 6. The van der Waals surface area contributed by atoms with Crippen LogP contribution >= 0.6 is 0 Å². The second kappa shape index (κ2) is 13.3. The van der Waals surface area contributed by atoms with E-state index in [2.05, 4.69) is 16.9 Å². The standard InChI is InChI=1S/C14H16F2O.C9H17N3O/c1-5-11(12-6-7-17-9-12)8-13(10(2)3)14(4,15)16;1-4-7(2)5-12-9(10)6-11-8(3)13/h5-9H,2H2,1,3-4H3;4H,5-6H2,1-3H3,(H2,10,12)(H,11,13)/b11-5+,13-8+;7-4+. The third-order valence-corrected chi connectivity index (χ3v) is 3.94. The van der Waals surface area contributed by atoms with Crippen molar-refractivity contribution in [1.29, 1.82) is 0 Å². The van der Waals surface area contributed by atoms with Crippen LogP contribution in [0.15, 0.2) is 69.5 Å². The Morgan fingerprint density at radius 1 is 1.30 bits per heavy atom. The Labute approximate surface area is 178 Å². The fourth-order valence-electron chi connectivity index (χ4n) is 2.13. The zero-order valence-corrected chi connectivity index (χ0v) is 18.7. The van der Waals surface area contributed by atoms with Crippen LogP contribution in [0.1, 0.15) is 47.1 Å². The van der Waals surface area contributed by atoms with Crippen LogP contribution in [-0.2, 0) is 4.79 Å². The number of aliphatic imine (C=N–C) groups is 1. The van der Waals surface area contributed by atoms with E-state index in [1.165, 1.54) is 25.5 Å².